The van der Waals surface area contributed by atoms with Crippen LogP contribution in [-0.2, 0) is 10.0 Å². The molecule has 2 N–H and O–H groups in total. The number of hydrogen-bond acceptors (Lipinski definition) is 4. The third-order valence-electron chi connectivity index (χ3n) is 4.05. The van der Waals surface area contributed by atoms with Gasteiger partial charge in [-0.25, -0.2) is 13.1 Å². The van der Waals surface area contributed by atoms with Crippen LogP contribution in [0.3, 0.4) is 0 Å². The van der Waals surface area contributed by atoms with Gasteiger partial charge in [-0.1, -0.05) is 18.2 Å². The van der Waals surface area contributed by atoms with Crippen molar-refractivity contribution in [2.24, 2.45) is 5.92 Å². The Labute approximate surface area is 134 Å². The van der Waals surface area contributed by atoms with Crippen molar-refractivity contribution in [1.82, 2.24) is 4.72 Å². The Bertz CT molecular complexity index is 735. The summed E-state index contributed by atoms with van der Waals surface area (Å²) in [4.78, 5) is 1.28. The number of aliphatic hydroxyl groups excluding tert-OH is 1. The predicted octanol–water partition coefficient (Wildman–Crippen LogP) is 2.85. The Balaban J connectivity index is 1.87. The van der Waals surface area contributed by atoms with Crippen LogP contribution in [0.1, 0.15) is 29.3 Å². The summed E-state index contributed by atoms with van der Waals surface area (Å²) in [6.45, 7) is 1.87. The van der Waals surface area contributed by atoms with Crippen molar-refractivity contribution in [2.75, 3.05) is 0 Å². The lowest BCUT2D eigenvalue weighted by molar-refractivity contribution is 0.0286. The number of aliphatic hydroxyl groups is 1. The molecule has 1 heterocycles. The molecule has 1 fully saturated rings. The van der Waals surface area contributed by atoms with Gasteiger partial charge in [0.2, 0.25) is 10.0 Å². The van der Waals surface area contributed by atoms with Crippen molar-refractivity contribution in [1.29, 1.82) is 0 Å². The lowest BCUT2D eigenvalue weighted by Gasteiger charge is -2.37. The van der Waals surface area contributed by atoms with Crippen molar-refractivity contribution in [3.63, 3.8) is 0 Å². The van der Waals surface area contributed by atoms with Gasteiger partial charge in [0.05, 0.1) is 17.0 Å². The Morgan fingerprint density at radius 1 is 1.27 bits per heavy atom. The fourth-order valence-electron chi connectivity index (χ4n) is 2.77. The van der Waals surface area contributed by atoms with E-state index in [0.29, 0.717) is 12.8 Å². The zero-order valence-electron chi connectivity index (χ0n) is 12.3. The molecular weight excluding hydrogens is 318 g/mol. The maximum atomic E-state index is 12.6. The highest BCUT2D eigenvalue weighted by Gasteiger charge is 2.37. The molecule has 3 rings (SSSR count). The number of nitrogens with one attached hydrogen (secondary N) is 1. The van der Waals surface area contributed by atoms with E-state index in [1.165, 1.54) is 0 Å². The van der Waals surface area contributed by atoms with Crippen LogP contribution in [0, 0.1) is 12.8 Å². The number of aryl methyl sites for hydroxylation is 1. The molecule has 0 aliphatic heterocycles. The number of thiophene rings is 1. The van der Waals surface area contributed by atoms with Gasteiger partial charge in [-0.15, -0.1) is 11.3 Å². The fraction of sp³-hybridized carbons (Fsp3) is 0.375. The summed E-state index contributed by atoms with van der Waals surface area (Å²) in [6.07, 6.45) is 0.966. The first-order chi connectivity index (χ1) is 10.5. The molecule has 0 amide bonds. The van der Waals surface area contributed by atoms with E-state index in [1.54, 1.807) is 29.5 Å². The van der Waals surface area contributed by atoms with Crippen LogP contribution in [0.4, 0.5) is 0 Å². The molecule has 0 unspecified atom stereocenters. The second-order valence-corrected chi connectivity index (χ2v) is 8.51. The largest absolute Gasteiger partial charge is 0.393 e. The molecule has 0 radical (unpaired) electrons. The zero-order chi connectivity index (χ0) is 15.7. The van der Waals surface area contributed by atoms with Crippen LogP contribution in [-0.4, -0.2) is 19.6 Å². The predicted molar refractivity (Wildman–Crippen MR) is 87.3 cm³/mol. The lowest BCUT2D eigenvalue weighted by atomic mass is 9.77. The van der Waals surface area contributed by atoms with Crippen molar-refractivity contribution in [2.45, 2.75) is 36.8 Å². The highest BCUT2D eigenvalue weighted by molar-refractivity contribution is 7.89. The first-order valence-corrected chi connectivity index (χ1v) is 9.62. The molecule has 0 bridgehead atoms. The molecule has 1 aliphatic carbocycles. The first-order valence-electron chi connectivity index (χ1n) is 7.26. The fourth-order valence-corrected chi connectivity index (χ4v) is 5.11. The number of rotatable bonds is 5. The number of hydrogen-bond donors (Lipinski definition) is 2. The third kappa shape index (κ3) is 3.25. The molecule has 0 saturated heterocycles. The highest BCUT2D eigenvalue weighted by atomic mass is 32.2. The van der Waals surface area contributed by atoms with Gasteiger partial charge in [0, 0.05) is 4.88 Å². The second-order valence-electron chi connectivity index (χ2n) is 5.82. The van der Waals surface area contributed by atoms with Gasteiger partial charge in [-0.3, -0.25) is 0 Å². The van der Waals surface area contributed by atoms with Gasteiger partial charge in [0.15, 0.2) is 0 Å². The smallest absolute Gasteiger partial charge is 0.241 e. The topological polar surface area (TPSA) is 66.4 Å². The number of sulfonamides is 1. The molecule has 4 nitrogen and oxygen atoms in total. The second kappa shape index (κ2) is 6.12. The summed E-state index contributed by atoms with van der Waals surface area (Å²) in [5.41, 5.74) is 0.912. The summed E-state index contributed by atoms with van der Waals surface area (Å²) >= 11 is 1.54. The van der Waals surface area contributed by atoms with Gasteiger partial charge in [-0.2, -0.15) is 0 Å². The average Bonchev–Trinajstić information content (AvgIpc) is 2.96. The van der Waals surface area contributed by atoms with Gasteiger partial charge in [0.1, 0.15) is 0 Å². The van der Waals surface area contributed by atoms with E-state index in [0.717, 1.165) is 10.4 Å². The first kappa shape index (κ1) is 15.7. The maximum Gasteiger partial charge on any atom is 0.241 e. The van der Waals surface area contributed by atoms with Crippen molar-refractivity contribution in [3.05, 3.63) is 52.2 Å². The molecule has 1 saturated carbocycles. The van der Waals surface area contributed by atoms with Crippen LogP contribution >= 0.6 is 11.3 Å². The van der Waals surface area contributed by atoms with Crippen LogP contribution in [0.5, 0.6) is 0 Å². The van der Waals surface area contributed by atoms with E-state index in [2.05, 4.69) is 4.72 Å². The standard InChI is InChI=1S/C16H19NO3S2/c1-11-4-2-5-14(8-11)22(19,20)17-16(12-9-13(18)10-12)15-6-3-7-21-15/h2-8,12-13,16-18H,9-10H2,1H3/t12?,13?,16-/m0/s1. The molecule has 118 valence electrons. The average molecular weight is 337 g/mol. The number of benzene rings is 1. The quantitative estimate of drug-likeness (QED) is 0.882. The van der Waals surface area contributed by atoms with Crippen molar-refractivity contribution in [3.8, 4) is 0 Å². The van der Waals surface area contributed by atoms with Crippen LogP contribution in [0.2, 0.25) is 0 Å². The molecule has 0 spiro atoms. The molecule has 1 aromatic carbocycles. The minimum atomic E-state index is -3.57. The van der Waals surface area contributed by atoms with Gasteiger partial charge in [0.25, 0.3) is 0 Å². The molecule has 22 heavy (non-hydrogen) atoms. The molecule has 1 atom stereocenters. The van der Waals surface area contributed by atoms with Crippen molar-refractivity contribution >= 4 is 21.4 Å². The minimum absolute atomic E-state index is 0.147. The zero-order valence-corrected chi connectivity index (χ0v) is 13.9. The van der Waals surface area contributed by atoms with E-state index < -0.39 is 10.0 Å². The molecule has 2 aromatic rings. The van der Waals surface area contributed by atoms with E-state index in [1.807, 2.05) is 30.5 Å². The Hall–Kier alpha value is -1.21. The molecule has 1 aliphatic rings. The monoisotopic (exact) mass is 337 g/mol. The molecule has 1 aromatic heterocycles. The minimum Gasteiger partial charge on any atom is -0.393 e. The SMILES string of the molecule is Cc1cccc(S(=O)(=O)N[C@H](c2cccs2)C2CC(O)C2)c1. The Morgan fingerprint density at radius 2 is 2.05 bits per heavy atom. The van der Waals surface area contributed by atoms with Gasteiger partial charge < -0.3 is 5.11 Å². The van der Waals surface area contributed by atoms with Crippen molar-refractivity contribution < 1.29 is 13.5 Å². The van der Waals surface area contributed by atoms with Gasteiger partial charge >= 0.3 is 0 Å². The summed E-state index contributed by atoms with van der Waals surface area (Å²) < 4.78 is 28.1. The van der Waals surface area contributed by atoms with E-state index in [-0.39, 0.29) is 23.0 Å². The molecular formula is C16H19NO3S2. The Morgan fingerprint density at radius 3 is 2.64 bits per heavy atom. The normalized spacial score (nSPS) is 23.0. The van der Waals surface area contributed by atoms with Crippen LogP contribution in [0.15, 0.2) is 46.7 Å². The summed E-state index contributed by atoms with van der Waals surface area (Å²) in [5, 5.41) is 11.5. The lowest BCUT2D eigenvalue weighted by Crippen LogP contribution is -2.41. The highest BCUT2D eigenvalue weighted by Crippen LogP contribution is 2.40. The Kier molecular flexibility index (Phi) is 4.36. The van der Waals surface area contributed by atoms with Crippen LogP contribution < -0.4 is 4.72 Å². The summed E-state index contributed by atoms with van der Waals surface area (Å²) in [6, 6.07) is 10.5. The maximum absolute atomic E-state index is 12.6. The van der Waals surface area contributed by atoms with Gasteiger partial charge in [-0.05, 0) is 54.8 Å². The summed E-state index contributed by atoms with van der Waals surface area (Å²) in [7, 11) is -3.57. The van der Waals surface area contributed by atoms with Crippen LogP contribution in [0.25, 0.3) is 0 Å². The molecule has 6 heteroatoms. The van der Waals surface area contributed by atoms with E-state index in [9.17, 15) is 13.5 Å². The third-order valence-corrected chi connectivity index (χ3v) is 6.45. The van der Waals surface area contributed by atoms with E-state index in [4.69, 9.17) is 0 Å². The van der Waals surface area contributed by atoms with E-state index >= 15 is 0 Å². The summed E-state index contributed by atoms with van der Waals surface area (Å²) in [5.74, 6) is 0.147.